The second-order valence-electron chi connectivity index (χ2n) is 6.62. The number of aromatic nitrogens is 1. The highest BCUT2D eigenvalue weighted by Gasteiger charge is 2.26. The number of carbonyl (C=O) groups excluding carboxylic acids is 2. The first-order valence-corrected chi connectivity index (χ1v) is 9.40. The third kappa shape index (κ3) is 5.07. The van der Waals surface area contributed by atoms with Gasteiger partial charge in [0, 0.05) is 38.6 Å². The van der Waals surface area contributed by atoms with Gasteiger partial charge < -0.3 is 19.7 Å². The van der Waals surface area contributed by atoms with Crippen LogP contribution in [0.5, 0.6) is 5.75 Å². The molecule has 3 rings (SSSR count). The summed E-state index contributed by atoms with van der Waals surface area (Å²) in [5.74, 6) is 0.386. The number of amides is 2. The van der Waals surface area contributed by atoms with Crippen molar-refractivity contribution in [2.45, 2.75) is 18.9 Å². The lowest BCUT2D eigenvalue weighted by Gasteiger charge is -2.32. The number of ether oxygens (including phenoxy) is 2. The molecule has 148 valence electrons. The molecule has 1 saturated heterocycles. The van der Waals surface area contributed by atoms with E-state index in [1.165, 1.54) is 0 Å². The molecule has 1 N–H and O–H groups in total. The Hall–Kier alpha value is -2.93. The Balaban J connectivity index is 1.55. The standard InChI is InChI=1S/C21H25N3O4/c1-27-13-14-28-19-7-3-2-6-18(19)21(26)24-11-8-17(9-12-24)23-20(25)16-5-4-10-22-15-16/h2-7,10,15,17H,8-9,11-14H2,1H3,(H,23,25). The molecule has 1 aliphatic heterocycles. The molecule has 0 bridgehead atoms. The first-order valence-electron chi connectivity index (χ1n) is 9.40. The quantitative estimate of drug-likeness (QED) is 0.741. The number of nitrogens with one attached hydrogen (secondary N) is 1. The Morgan fingerprint density at radius 3 is 2.64 bits per heavy atom. The van der Waals surface area contributed by atoms with Gasteiger partial charge in [-0.1, -0.05) is 12.1 Å². The monoisotopic (exact) mass is 383 g/mol. The van der Waals surface area contributed by atoms with Gasteiger partial charge in [0.05, 0.1) is 17.7 Å². The fraction of sp³-hybridized carbons (Fsp3) is 0.381. The SMILES string of the molecule is COCCOc1ccccc1C(=O)N1CCC(NC(=O)c2cccnc2)CC1. The fourth-order valence-electron chi connectivity index (χ4n) is 3.17. The topological polar surface area (TPSA) is 80.8 Å². The Morgan fingerprint density at radius 1 is 1.14 bits per heavy atom. The number of pyridine rings is 1. The maximum Gasteiger partial charge on any atom is 0.257 e. The second-order valence-corrected chi connectivity index (χ2v) is 6.62. The number of para-hydroxylation sites is 1. The Labute approximate surface area is 164 Å². The molecule has 0 spiro atoms. The Morgan fingerprint density at radius 2 is 1.93 bits per heavy atom. The number of methoxy groups -OCH3 is 1. The molecule has 2 amide bonds. The van der Waals surface area contributed by atoms with Gasteiger partial charge >= 0.3 is 0 Å². The van der Waals surface area contributed by atoms with E-state index >= 15 is 0 Å². The van der Waals surface area contributed by atoms with Crippen LogP contribution in [0.25, 0.3) is 0 Å². The number of carbonyl (C=O) groups is 2. The van der Waals surface area contributed by atoms with Crippen LogP contribution in [-0.2, 0) is 4.74 Å². The summed E-state index contributed by atoms with van der Waals surface area (Å²) < 4.78 is 10.7. The number of nitrogens with zero attached hydrogens (tertiary/aromatic N) is 2. The van der Waals surface area contributed by atoms with Crippen molar-refractivity contribution in [2.75, 3.05) is 33.4 Å². The number of benzene rings is 1. The number of rotatable bonds is 7. The van der Waals surface area contributed by atoms with Crippen LogP contribution in [-0.4, -0.2) is 61.2 Å². The highest BCUT2D eigenvalue weighted by atomic mass is 16.5. The van der Waals surface area contributed by atoms with Gasteiger partial charge in [-0.3, -0.25) is 14.6 Å². The van der Waals surface area contributed by atoms with Gasteiger partial charge in [0.1, 0.15) is 12.4 Å². The molecule has 0 saturated carbocycles. The lowest BCUT2D eigenvalue weighted by Crippen LogP contribution is -2.46. The summed E-state index contributed by atoms with van der Waals surface area (Å²) in [4.78, 5) is 31.0. The van der Waals surface area contributed by atoms with Crippen molar-refractivity contribution in [3.05, 3.63) is 59.9 Å². The molecule has 0 unspecified atom stereocenters. The van der Waals surface area contributed by atoms with Gasteiger partial charge in [0.2, 0.25) is 0 Å². The van der Waals surface area contributed by atoms with Crippen LogP contribution in [0.3, 0.4) is 0 Å². The minimum Gasteiger partial charge on any atom is -0.490 e. The zero-order valence-corrected chi connectivity index (χ0v) is 16.0. The van der Waals surface area contributed by atoms with Crippen LogP contribution in [0.2, 0.25) is 0 Å². The predicted octanol–water partition coefficient (Wildman–Crippen LogP) is 2.14. The zero-order chi connectivity index (χ0) is 19.8. The van der Waals surface area contributed by atoms with Crippen LogP contribution >= 0.6 is 0 Å². The average Bonchev–Trinajstić information content (AvgIpc) is 2.75. The molecule has 7 heteroatoms. The first-order chi connectivity index (χ1) is 13.7. The molecule has 7 nitrogen and oxygen atoms in total. The van der Waals surface area contributed by atoms with Crippen LogP contribution in [0.4, 0.5) is 0 Å². The lowest BCUT2D eigenvalue weighted by molar-refractivity contribution is 0.0691. The molecular formula is C21H25N3O4. The minimum atomic E-state index is -0.130. The van der Waals surface area contributed by atoms with E-state index < -0.39 is 0 Å². The van der Waals surface area contributed by atoms with E-state index in [0.717, 1.165) is 0 Å². The largest absolute Gasteiger partial charge is 0.490 e. The van der Waals surface area contributed by atoms with Gasteiger partial charge in [-0.05, 0) is 37.1 Å². The Kier molecular flexibility index (Phi) is 6.97. The molecule has 1 aliphatic rings. The molecule has 2 aromatic rings. The van der Waals surface area contributed by atoms with Gasteiger partial charge in [0.25, 0.3) is 11.8 Å². The summed E-state index contributed by atoms with van der Waals surface area (Å²) in [5, 5.41) is 3.02. The van der Waals surface area contributed by atoms with Crippen molar-refractivity contribution in [2.24, 2.45) is 0 Å². The lowest BCUT2D eigenvalue weighted by atomic mass is 10.0. The van der Waals surface area contributed by atoms with Crippen molar-refractivity contribution in [1.29, 1.82) is 0 Å². The summed E-state index contributed by atoms with van der Waals surface area (Å²) in [5.41, 5.74) is 1.10. The fourth-order valence-corrected chi connectivity index (χ4v) is 3.17. The number of hydrogen-bond donors (Lipinski definition) is 1. The van der Waals surface area contributed by atoms with Crippen molar-refractivity contribution in [1.82, 2.24) is 15.2 Å². The highest BCUT2D eigenvalue weighted by Crippen LogP contribution is 2.22. The van der Waals surface area contributed by atoms with Gasteiger partial charge in [-0.15, -0.1) is 0 Å². The van der Waals surface area contributed by atoms with E-state index in [4.69, 9.17) is 9.47 Å². The molecule has 1 aromatic carbocycles. The summed E-state index contributed by atoms with van der Waals surface area (Å²) in [6, 6.07) is 10.8. The maximum atomic E-state index is 12.9. The molecule has 28 heavy (non-hydrogen) atoms. The average molecular weight is 383 g/mol. The van der Waals surface area contributed by atoms with Crippen LogP contribution in [0, 0.1) is 0 Å². The maximum absolute atomic E-state index is 12.9. The number of hydrogen-bond acceptors (Lipinski definition) is 5. The molecule has 2 heterocycles. The van der Waals surface area contributed by atoms with E-state index in [9.17, 15) is 9.59 Å². The van der Waals surface area contributed by atoms with Crippen molar-refractivity contribution in [3.63, 3.8) is 0 Å². The smallest absolute Gasteiger partial charge is 0.257 e. The molecule has 1 aromatic heterocycles. The number of piperidine rings is 1. The van der Waals surface area contributed by atoms with Gasteiger partial charge in [-0.25, -0.2) is 0 Å². The summed E-state index contributed by atoms with van der Waals surface area (Å²) in [6.45, 7) is 2.03. The first kappa shape index (κ1) is 19.8. The summed E-state index contributed by atoms with van der Waals surface area (Å²) in [6.07, 6.45) is 4.61. The van der Waals surface area contributed by atoms with Crippen molar-refractivity contribution in [3.8, 4) is 5.75 Å². The summed E-state index contributed by atoms with van der Waals surface area (Å²) in [7, 11) is 1.61. The zero-order valence-electron chi connectivity index (χ0n) is 16.0. The van der Waals surface area contributed by atoms with E-state index in [2.05, 4.69) is 10.3 Å². The van der Waals surface area contributed by atoms with Crippen LogP contribution < -0.4 is 10.1 Å². The third-order valence-corrected chi connectivity index (χ3v) is 4.70. The molecule has 0 aliphatic carbocycles. The van der Waals surface area contributed by atoms with E-state index in [0.29, 0.717) is 56.0 Å². The Bertz CT molecular complexity index is 789. The van der Waals surface area contributed by atoms with Crippen LogP contribution in [0.15, 0.2) is 48.8 Å². The van der Waals surface area contributed by atoms with Crippen LogP contribution in [0.1, 0.15) is 33.6 Å². The van der Waals surface area contributed by atoms with E-state index in [1.54, 1.807) is 43.8 Å². The van der Waals surface area contributed by atoms with Gasteiger partial charge in [0.15, 0.2) is 0 Å². The summed E-state index contributed by atoms with van der Waals surface area (Å²) >= 11 is 0. The third-order valence-electron chi connectivity index (χ3n) is 4.70. The molecular weight excluding hydrogens is 358 g/mol. The number of likely N-dealkylation sites (tertiary alicyclic amines) is 1. The minimum absolute atomic E-state index is 0.0463. The van der Waals surface area contributed by atoms with E-state index in [1.807, 2.05) is 17.0 Å². The predicted molar refractivity (Wildman–Crippen MR) is 104 cm³/mol. The van der Waals surface area contributed by atoms with Crippen molar-refractivity contribution >= 4 is 11.8 Å². The molecule has 0 radical (unpaired) electrons. The van der Waals surface area contributed by atoms with E-state index in [-0.39, 0.29) is 17.9 Å². The second kappa shape index (κ2) is 9.85. The van der Waals surface area contributed by atoms with Gasteiger partial charge in [-0.2, -0.15) is 0 Å². The normalized spacial score (nSPS) is 14.5. The van der Waals surface area contributed by atoms with Crippen molar-refractivity contribution < 1.29 is 19.1 Å². The molecule has 0 atom stereocenters. The molecule has 1 fully saturated rings. The highest BCUT2D eigenvalue weighted by molar-refractivity contribution is 5.97.